The van der Waals surface area contributed by atoms with E-state index in [0.29, 0.717) is 31.8 Å². The van der Waals surface area contributed by atoms with Crippen LogP contribution in [-0.4, -0.2) is 167 Å². The van der Waals surface area contributed by atoms with Gasteiger partial charge in [-0.15, -0.1) is 0 Å². The van der Waals surface area contributed by atoms with Gasteiger partial charge in [-0.1, -0.05) is 107 Å². The molecule has 0 unspecified atom stereocenters. The van der Waals surface area contributed by atoms with Crippen molar-refractivity contribution in [1.29, 1.82) is 0 Å². The first-order chi connectivity index (χ1) is 38.4. The van der Waals surface area contributed by atoms with Crippen molar-refractivity contribution < 1.29 is 53.1 Å². The van der Waals surface area contributed by atoms with Crippen LogP contribution in [0.5, 0.6) is 0 Å². The summed E-state index contributed by atoms with van der Waals surface area (Å²) >= 11 is 0. The molecule has 2 fully saturated rings. The first-order valence-electron chi connectivity index (χ1n) is 30.5. The fourth-order valence-corrected chi connectivity index (χ4v) is 10.2. The van der Waals surface area contributed by atoms with Crippen molar-refractivity contribution in [3.8, 4) is 0 Å². The van der Waals surface area contributed by atoms with Crippen molar-refractivity contribution in [2.24, 2.45) is 35.5 Å². The maximum atomic E-state index is 14.5. The largest absolute Gasteiger partial charge is 0.390 e. The third-order valence-electron chi connectivity index (χ3n) is 15.5. The topological polar surface area (TPSA) is 306 Å². The van der Waals surface area contributed by atoms with Gasteiger partial charge in [-0.3, -0.25) is 47.9 Å². The van der Waals surface area contributed by atoms with Crippen LogP contribution in [0.4, 0.5) is 0 Å². The summed E-state index contributed by atoms with van der Waals surface area (Å²) < 4.78 is 0. The van der Waals surface area contributed by atoms with E-state index in [0.717, 1.165) is 38.5 Å². The second-order valence-corrected chi connectivity index (χ2v) is 26.8. The van der Waals surface area contributed by atoms with Crippen molar-refractivity contribution in [3.63, 3.8) is 0 Å². The van der Waals surface area contributed by atoms with Crippen LogP contribution in [0.15, 0.2) is 12.2 Å². The normalized spacial score (nSPS) is 18.8. The van der Waals surface area contributed by atoms with Gasteiger partial charge in [0.05, 0.1) is 6.10 Å². The molecule has 10 amide bonds. The van der Waals surface area contributed by atoms with Crippen LogP contribution in [0, 0.1) is 35.5 Å². The number of allylic oxidation sites excluding steroid dienone is 1. The van der Waals surface area contributed by atoms with Crippen LogP contribution in [0.1, 0.15) is 188 Å². The molecule has 0 aromatic carbocycles. The zero-order valence-electron chi connectivity index (χ0n) is 53.7. The Balaban J connectivity index is 2.30. The van der Waals surface area contributed by atoms with Crippen LogP contribution < -0.4 is 47.9 Å². The number of rotatable bonds is 33. The highest BCUT2D eigenvalue weighted by atomic mass is 16.3. The SMILES string of the molecule is CC[C@H](C)/C=C/C(=O)N1C[C@@H](C)C[C@H]1C(=O)N[C@@H](CCC1CCCCC1)C(=O)N[C@H](C(=O)NC(C)(C)C(=O)N[C@@H](CC(C)C)C(=O)N[C@@H](CC(C)C)C(=O)NC(C)(C)C(=O)NC(C)(C)C(=O)NCCC(=O)N[C@@H](C)CN(C)C)[C@H](O)C(C)C. The van der Waals surface area contributed by atoms with Crippen LogP contribution >= 0.6 is 0 Å². The predicted octanol–water partition coefficient (Wildman–Crippen LogP) is 3.49. The molecule has 83 heavy (non-hydrogen) atoms. The maximum absolute atomic E-state index is 14.5. The van der Waals surface area contributed by atoms with E-state index >= 15 is 0 Å². The second-order valence-electron chi connectivity index (χ2n) is 26.8. The van der Waals surface area contributed by atoms with E-state index in [4.69, 9.17) is 0 Å². The lowest BCUT2D eigenvalue weighted by Gasteiger charge is -2.34. The first-order valence-corrected chi connectivity index (χ1v) is 30.5. The number of aliphatic hydroxyl groups is 1. The molecule has 1 saturated carbocycles. The second kappa shape index (κ2) is 33.7. The van der Waals surface area contributed by atoms with E-state index in [1.54, 1.807) is 13.8 Å². The molecule has 22 nitrogen and oxygen atoms in total. The molecule has 474 valence electrons. The average molecular weight is 1170 g/mol. The van der Waals surface area contributed by atoms with Gasteiger partial charge in [-0.25, -0.2) is 0 Å². The minimum absolute atomic E-state index is 0.0214. The van der Waals surface area contributed by atoms with E-state index in [1.165, 1.54) is 52.5 Å². The number of likely N-dealkylation sites (N-methyl/N-ethyl adjacent to an activating group) is 1. The number of aliphatic hydroxyl groups excluding tert-OH is 1. The van der Waals surface area contributed by atoms with Crippen LogP contribution in [0.3, 0.4) is 0 Å². The summed E-state index contributed by atoms with van der Waals surface area (Å²) in [6.07, 6.45) is 9.51. The zero-order valence-corrected chi connectivity index (χ0v) is 53.7. The molecular formula is C61H109N11O11. The van der Waals surface area contributed by atoms with Gasteiger partial charge in [0.25, 0.3) is 0 Å². The molecule has 0 spiro atoms. The van der Waals surface area contributed by atoms with Gasteiger partial charge in [0.15, 0.2) is 0 Å². The van der Waals surface area contributed by atoms with E-state index < -0.39 is 106 Å². The maximum Gasteiger partial charge on any atom is 0.246 e. The van der Waals surface area contributed by atoms with E-state index in [1.807, 2.05) is 80.5 Å². The van der Waals surface area contributed by atoms with Gasteiger partial charge in [-0.2, -0.15) is 0 Å². The summed E-state index contributed by atoms with van der Waals surface area (Å²) in [4.78, 5) is 142. The Kier molecular flexibility index (Phi) is 29.9. The number of carbonyl (C=O) groups is 10. The molecule has 2 aliphatic rings. The number of hydrogen-bond acceptors (Lipinski definition) is 12. The standard InChI is InChI=1S/C61H109N11O11/c1-19-39(8)25-28-48(74)72-34-40(9)33-46(72)54(79)64-43(27-26-42-23-21-20-22-24-42)51(76)67-49(50(75)38(6)7)55(80)69-60(13,14)57(82)66-44(31-36(2)3)52(77)65-45(32-37(4)5)53(78)68-61(15,16)58(83)70-59(11,12)56(81)62-30-29-47(73)63-41(10)35-71(17)18/h25,28,36-46,49-50,75H,19-24,26-27,29-35H2,1-18H3,(H,62,81)(H,63,73)(H,64,79)(H,65,77)(H,66,82)(H,67,76)(H,68,78)(H,69,80)(H,70,83)/b28-25+/t39-,40-,41-,43-,44-,45-,46-,49-,50+/m0/s1. The van der Waals surface area contributed by atoms with Gasteiger partial charge in [-0.05, 0) is 136 Å². The summed E-state index contributed by atoms with van der Waals surface area (Å²) in [6.45, 7) is 28.3. The molecule has 0 aromatic rings. The van der Waals surface area contributed by atoms with Crippen LogP contribution in [-0.2, 0) is 47.9 Å². The summed E-state index contributed by atoms with van der Waals surface area (Å²) in [7, 11) is 3.79. The summed E-state index contributed by atoms with van der Waals surface area (Å²) in [5.41, 5.74) is -4.81. The average Bonchev–Trinajstić information content (AvgIpc) is 3.87. The number of hydrogen-bond donors (Lipinski definition) is 10. The van der Waals surface area contributed by atoms with Crippen molar-refractivity contribution in [2.75, 3.05) is 33.7 Å². The van der Waals surface area contributed by atoms with Gasteiger partial charge in [0, 0.05) is 32.1 Å². The summed E-state index contributed by atoms with van der Waals surface area (Å²) in [5.74, 6) is -6.38. The number of likely N-dealkylation sites (tertiary alicyclic amines) is 1. The zero-order chi connectivity index (χ0) is 63.3. The van der Waals surface area contributed by atoms with Crippen molar-refractivity contribution in [2.45, 2.75) is 247 Å². The molecule has 0 bridgehead atoms. The Morgan fingerprint density at radius 2 is 1.19 bits per heavy atom. The number of carbonyl (C=O) groups excluding carboxylic acids is 10. The Labute approximate surface area is 496 Å². The number of nitrogens with one attached hydrogen (secondary N) is 9. The Morgan fingerprint density at radius 3 is 1.75 bits per heavy atom. The minimum atomic E-state index is -1.75. The predicted molar refractivity (Wildman–Crippen MR) is 322 cm³/mol. The Morgan fingerprint density at radius 1 is 0.651 bits per heavy atom. The monoisotopic (exact) mass is 1170 g/mol. The van der Waals surface area contributed by atoms with Gasteiger partial charge < -0.3 is 62.8 Å². The molecule has 2 rings (SSSR count). The lowest BCUT2D eigenvalue weighted by atomic mass is 9.85. The highest BCUT2D eigenvalue weighted by molar-refractivity contribution is 6.00. The number of amides is 10. The molecule has 0 aromatic heterocycles. The molecule has 22 heteroatoms. The van der Waals surface area contributed by atoms with E-state index in [9.17, 15) is 53.1 Å². The summed E-state index contributed by atoms with van der Waals surface area (Å²) in [5, 5.41) is 36.4. The number of nitrogens with zero attached hydrogens (tertiary/aromatic N) is 2. The third-order valence-corrected chi connectivity index (χ3v) is 15.5. The van der Waals surface area contributed by atoms with Crippen molar-refractivity contribution in [1.82, 2.24) is 57.7 Å². The molecule has 1 aliphatic carbocycles. The summed E-state index contributed by atoms with van der Waals surface area (Å²) in [6, 6.07) is -6.04. The molecular weight excluding hydrogens is 1060 g/mol. The highest BCUT2D eigenvalue weighted by Crippen LogP contribution is 2.29. The molecule has 10 N–H and O–H groups in total. The van der Waals surface area contributed by atoms with Crippen molar-refractivity contribution >= 4 is 59.1 Å². The molecule has 9 atom stereocenters. The third kappa shape index (κ3) is 25.2. The molecule has 1 saturated heterocycles. The highest BCUT2D eigenvalue weighted by Gasteiger charge is 2.43. The Hall–Kier alpha value is -5.64. The van der Waals surface area contributed by atoms with Crippen LogP contribution in [0.25, 0.3) is 0 Å². The quantitative estimate of drug-likeness (QED) is 0.0423. The molecule has 1 aliphatic heterocycles. The van der Waals surface area contributed by atoms with E-state index in [-0.39, 0.29) is 73.8 Å². The van der Waals surface area contributed by atoms with Gasteiger partial charge in [0.2, 0.25) is 59.1 Å². The molecule has 1 heterocycles. The van der Waals surface area contributed by atoms with Crippen LogP contribution in [0.2, 0.25) is 0 Å². The lowest BCUT2D eigenvalue weighted by molar-refractivity contribution is -0.140. The fraction of sp³-hybridized carbons (Fsp3) is 0.803. The first kappa shape index (κ1) is 73.5. The Bertz CT molecular complexity index is 2220. The van der Waals surface area contributed by atoms with Crippen molar-refractivity contribution in [3.05, 3.63) is 12.2 Å². The smallest absolute Gasteiger partial charge is 0.246 e. The van der Waals surface area contributed by atoms with E-state index in [2.05, 4.69) is 47.9 Å². The lowest BCUT2D eigenvalue weighted by Crippen LogP contribution is -2.66. The minimum Gasteiger partial charge on any atom is -0.390 e. The molecule has 0 radical (unpaired) electrons. The fourth-order valence-electron chi connectivity index (χ4n) is 10.2. The van der Waals surface area contributed by atoms with Gasteiger partial charge >= 0.3 is 0 Å². The van der Waals surface area contributed by atoms with Gasteiger partial charge in [0.1, 0.15) is 46.8 Å².